The third-order valence-corrected chi connectivity index (χ3v) is 4.19. The standard InChI is InChI=1S/C15H19N3O2S/c1-4-21(19,20)18-15-6-5-13(10-16-15)17-14-8-11(2)7-12(3)9-14/h5-10,17H,4H2,1-3H3,(H,16,18). The first-order valence-electron chi connectivity index (χ1n) is 6.70. The number of nitrogens with one attached hydrogen (secondary N) is 2. The van der Waals surface area contributed by atoms with E-state index in [1.54, 1.807) is 25.3 Å². The van der Waals surface area contributed by atoms with Gasteiger partial charge in [-0.25, -0.2) is 13.4 Å². The van der Waals surface area contributed by atoms with Crippen LogP contribution in [0.1, 0.15) is 18.1 Å². The number of hydrogen-bond donors (Lipinski definition) is 2. The Balaban J connectivity index is 2.12. The highest BCUT2D eigenvalue weighted by Crippen LogP contribution is 2.20. The largest absolute Gasteiger partial charge is 0.354 e. The molecule has 0 atom stereocenters. The number of benzene rings is 1. The van der Waals surface area contributed by atoms with Gasteiger partial charge in [-0.1, -0.05) is 6.07 Å². The van der Waals surface area contributed by atoms with E-state index in [0.29, 0.717) is 5.82 Å². The molecule has 21 heavy (non-hydrogen) atoms. The molecular formula is C15H19N3O2S. The van der Waals surface area contributed by atoms with Gasteiger partial charge >= 0.3 is 0 Å². The lowest BCUT2D eigenvalue weighted by atomic mass is 10.1. The average molecular weight is 305 g/mol. The zero-order valence-electron chi connectivity index (χ0n) is 12.3. The van der Waals surface area contributed by atoms with E-state index in [4.69, 9.17) is 0 Å². The van der Waals surface area contributed by atoms with Gasteiger partial charge in [0.2, 0.25) is 10.0 Å². The van der Waals surface area contributed by atoms with Gasteiger partial charge in [0.05, 0.1) is 17.6 Å². The van der Waals surface area contributed by atoms with Crippen molar-refractivity contribution in [3.63, 3.8) is 0 Å². The summed E-state index contributed by atoms with van der Waals surface area (Å²) < 4.78 is 25.3. The Morgan fingerprint density at radius 3 is 2.24 bits per heavy atom. The first kappa shape index (κ1) is 15.3. The summed E-state index contributed by atoms with van der Waals surface area (Å²) in [5.41, 5.74) is 4.14. The summed E-state index contributed by atoms with van der Waals surface area (Å²) >= 11 is 0. The quantitative estimate of drug-likeness (QED) is 0.890. The number of aryl methyl sites for hydroxylation is 2. The Morgan fingerprint density at radius 2 is 1.71 bits per heavy atom. The molecule has 1 aromatic heterocycles. The van der Waals surface area contributed by atoms with Crippen LogP contribution in [0.15, 0.2) is 36.5 Å². The van der Waals surface area contributed by atoms with Crippen molar-refractivity contribution >= 4 is 27.2 Å². The van der Waals surface area contributed by atoms with E-state index >= 15 is 0 Å². The van der Waals surface area contributed by atoms with Crippen molar-refractivity contribution in [2.24, 2.45) is 0 Å². The van der Waals surface area contributed by atoms with E-state index in [-0.39, 0.29) is 5.75 Å². The van der Waals surface area contributed by atoms with Crippen LogP contribution in [0.5, 0.6) is 0 Å². The van der Waals surface area contributed by atoms with E-state index in [2.05, 4.69) is 21.1 Å². The van der Waals surface area contributed by atoms with Crippen molar-refractivity contribution in [2.45, 2.75) is 20.8 Å². The number of anilines is 3. The number of hydrogen-bond acceptors (Lipinski definition) is 4. The maximum Gasteiger partial charge on any atom is 0.233 e. The molecule has 2 rings (SSSR count). The van der Waals surface area contributed by atoms with E-state index in [1.165, 1.54) is 11.1 Å². The molecule has 0 radical (unpaired) electrons. The lowest BCUT2D eigenvalue weighted by molar-refractivity contribution is 0.602. The molecule has 0 amide bonds. The van der Waals surface area contributed by atoms with Gasteiger partial charge in [-0.15, -0.1) is 0 Å². The Morgan fingerprint density at radius 1 is 1.05 bits per heavy atom. The van der Waals surface area contributed by atoms with Crippen molar-refractivity contribution in [3.05, 3.63) is 47.7 Å². The second kappa shape index (κ2) is 6.13. The van der Waals surface area contributed by atoms with Crippen LogP contribution in [0.2, 0.25) is 0 Å². The lowest BCUT2D eigenvalue weighted by Crippen LogP contribution is -2.15. The molecule has 5 nitrogen and oxygen atoms in total. The molecule has 1 aromatic carbocycles. The molecule has 0 aliphatic heterocycles. The maximum absolute atomic E-state index is 11.5. The molecule has 0 aliphatic rings. The van der Waals surface area contributed by atoms with Crippen molar-refractivity contribution in [1.29, 1.82) is 0 Å². The average Bonchev–Trinajstić information content (AvgIpc) is 2.39. The molecule has 2 aromatic rings. The zero-order valence-corrected chi connectivity index (χ0v) is 13.2. The Hall–Kier alpha value is -2.08. The van der Waals surface area contributed by atoms with Crippen LogP contribution < -0.4 is 10.0 Å². The van der Waals surface area contributed by atoms with E-state index in [0.717, 1.165) is 11.4 Å². The maximum atomic E-state index is 11.5. The second-order valence-corrected chi connectivity index (χ2v) is 6.95. The highest BCUT2D eigenvalue weighted by atomic mass is 32.2. The summed E-state index contributed by atoms with van der Waals surface area (Å²) in [4.78, 5) is 4.10. The molecule has 1 heterocycles. The monoisotopic (exact) mass is 305 g/mol. The zero-order chi connectivity index (χ0) is 15.5. The van der Waals surface area contributed by atoms with Crippen molar-refractivity contribution in [2.75, 3.05) is 15.8 Å². The Labute approximate surface area is 125 Å². The lowest BCUT2D eigenvalue weighted by Gasteiger charge is -2.10. The van der Waals surface area contributed by atoms with E-state index in [9.17, 15) is 8.42 Å². The molecule has 6 heteroatoms. The Kier molecular flexibility index (Phi) is 4.47. The molecule has 0 saturated carbocycles. The predicted octanol–water partition coefficient (Wildman–Crippen LogP) is 3.20. The van der Waals surface area contributed by atoms with Crippen LogP contribution in [-0.2, 0) is 10.0 Å². The molecular weight excluding hydrogens is 286 g/mol. The predicted molar refractivity (Wildman–Crippen MR) is 86.5 cm³/mol. The minimum atomic E-state index is -3.29. The fourth-order valence-corrected chi connectivity index (χ4v) is 2.56. The summed E-state index contributed by atoms with van der Waals surface area (Å²) in [5.74, 6) is 0.347. The topological polar surface area (TPSA) is 71.1 Å². The van der Waals surface area contributed by atoms with Gasteiger partial charge in [-0.3, -0.25) is 4.72 Å². The molecule has 112 valence electrons. The third-order valence-electron chi connectivity index (χ3n) is 2.91. The fraction of sp³-hybridized carbons (Fsp3) is 0.267. The molecule has 0 unspecified atom stereocenters. The molecule has 0 bridgehead atoms. The molecule has 2 N–H and O–H groups in total. The van der Waals surface area contributed by atoms with Gasteiger partial charge < -0.3 is 5.32 Å². The highest BCUT2D eigenvalue weighted by molar-refractivity contribution is 7.92. The number of pyridine rings is 1. The molecule has 0 aliphatic carbocycles. The first-order valence-corrected chi connectivity index (χ1v) is 8.35. The number of rotatable bonds is 5. The second-order valence-electron chi connectivity index (χ2n) is 4.94. The molecule has 0 saturated heterocycles. The summed E-state index contributed by atoms with van der Waals surface area (Å²) in [6, 6.07) is 9.61. The van der Waals surface area contributed by atoms with Gasteiger partial charge in [-0.05, 0) is 56.2 Å². The SMILES string of the molecule is CCS(=O)(=O)Nc1ccc(Nc2cc(C)cc(C)c2)cn1. The summed E-state index contributed by atoms with van der Waals surface area (Å²) in [7, 11) is -3.29. The molecule has 0 fully saturated rings. The number of sulfonamides is 1. The third kappa shape index (κ3) is 4.46. The van der Waals surface area contributed by atoms with Crippen LogP contribution in [0.4, 0.5) is 17.2 Å². The smallest absolute Gasteiger partial charge is 0.233 e. The van der Waals surface area contributed by atoms with Crippen LogP contribution in [0.25, 0.3) is 0 Å². The highest BCUT2D eigenvalue weighted by Gasteiger charge is 2.07. The van der Waals surface area contributed by atoms with Crippen molar-refractivity contribution in [3.8, 4) is 0 Å². The van der Waals surface area contributed by atoms with Gasteiger partial charge in [0.1, 0.15) is 5.82 Å². The fourth-order valence-electron chi connectivity index (χ4n) is 1.97. The Bertz CT molecular complexity index is 705. The van der Waals surface area contributed by atoms with E-state index < -0.39 is 10.0 Å². The first-order chi connectivity index (χ1) is 9.88. The summed E-state index contributed by atoms with van der Waals surface area (Å²) in [6.45, 7) is 5.66. The number of aromatic nitrogens is 1. The van der Waals surface area contributed by atoms with Gasteiger partial charge in [0.15, 0.2) is 0 Å². The van der Waals surface area contributed by atoms with Gasteiger partial charge in [0.25, 0.3) is 0 Å². The van der Waals surface area contributed by atoms with Gasteiger partial charge in [0, 0.05) is 5.69 Å². The van der Waals surface area contributed by atoms with Crippen LogP contribution >= 0.6 is 0 Å². The van der Waals surface area contributed by atoms with Crippen LogP contribution in [0, 0.1) is 13.8 Å². The van der Waals surface area contributed by atoms with E-state index in [1.807, 2.05) is 26.0 Å². The van der Waals surface area contributed by atoms with Crippen molar-refractivity contribution < 1.29 is 8.42 Å². The summed E-state index contributed by atoms with van der Waals surface area (Å²) in [5, 5.41) is 3.25. The minimum absolute atomic E-state index is 0.0251. The minimum Gasteiger partial charge on any atom is -0.354 e. The normalized spacial score (nSPS) is 11.2. The summed E-state index contributed by atoms with van der Waals surface area (Å²) in [6.07, 6.45) is 1.60. The van der Waals surface area contributed by atoms with Crippen molar-refractivity contribution in [1.82, 2.24) is 4.98 Å². The molecule has 0 spiro atoms. The van der Waals surface area contributed by atoms with Crippen LogP contribution in [0.3, 0.4) is 0 Å². The van der Waals surface area contributed by atoms with Gasteiger partial charge in [-0.2, -0.15) is 0 Å². The number of nitrogens with zero attached hydrogens (tertiary/aromatic N) is 1. The van der Waals surface area contributed by atoms with Crippen LogP contribution in [-0.4, -0.2) is 19.2 Å².